The first kappa shape index (κ1) is 9.73. The maximum Gasteiger partial charge on any atom is 0.145 e. The van der Waals surface area contributed by atoms with Crippen molar-refractivity contribution in [2.45, 2.75) is 13.3 Å². The summed E-state index contributed by atoms with van der Waals surface area (Å²) < 4.78 is 1.76. The van der Waals surface area contributed by atoms with Crippen LogP contribution in [-0.2, 0) is 13.5 Å². The van der Waals surface area contributed by atoms with Crippen LogP contribution in [0.1, 0.15) is 18.2 Å². The van der Waals surface area contributed by atoms with E-state index in [4.69, 9.17) is 5.84 Å². The standard InChI is InChI=1S/C8H15N5/c1-4-7-6(5-13(3)12-7)8(10-2)11-9/h5H,4,9H2,1-3H3,(H,10,11). The highest BCUT2D eigenvalue weighted by Gasteiger charge is 2.10. The van der Waals surface area contributed by atoms with E-state index in [2.05, 4.69) is 22.4 Å². The first-order valence-corrected chi connectivity index (χ1v) is 4.19. The van der Waals surface area contributed by atoms with Crippen LogP contribution in [0.4, 0.5) is 0 Å². The molecule has 0 spiro atoms. The number of hydrazine groups is 1. The fraction of sp³-hybridized carbons (Fsp3) is 0.500. The summed E-state index contributed by atoms with van der Waals surface area (Å²) in [4.78, 5) is 4.03. The Balaban J connectivity index is 3.11. The molecule has 3 N–H and O–H groups in total. The van der Waals surface area contributed by atoms with E-state index in [-0.39, 0.29) is 0 Å². The number of nitrogens with one attached hydrogen (secondary N) is 1. The van der Waals surface area contributed by atoms with Crippen molar-refractivity contribution >= 4 is 5.84 Å². The molecular weight excluding hydrogens is 166 g/mol. The maximum atomic E-state index is 5.33. The van der Waals surface area contributed by atoms with Gasteiger partial charge in [-0.2, -0.15) is 5.10 Å². The van der Waals surface area contributed by atoms with E-state index in [0.29, 0.717) is 5.84 Å². The number of rotatable bonds is 2. The number of nitrogens with zero attached hydrogens (tertiary/aromatic N) is 3. The normalized spacial score (nSPS) is 11.8. The van der Waals surface area contributed by atoms with Crippen molar-refractivity contribution in [3.05, 3.63) is 17.5 Å². The van der Waals surface area contributed by atoms with Gasteiger partial charge in [-0.1, -0.05) is 6.92 Å². The first-order valence-electron chi connectivity index (χ1n) is 4.19. The van der Waals surface area contributed by atoms with E-state index in [1.165, 1.54) is 0 Å². The zero-order valence-corrected chi connectivity index (χ0v) is 8.20. The SMILES string of the molecule is CCc1nn(C)cc1C(=NC)NN. The Morgan fingerprint density at radius 1 is 1.77 bits per heavy atom. The van der Waals surface area contributed by atoms with Gasteiger partial charge in [-0.25, -0.2) is 5.84 Å². The summed E-state index contributed by atoms with van der Waals surface area (Å²) in [7, 11) is 3.58. The third kappa shape index (κ3) is 1.86. The summed E-state index contributed by atoms with van der Waals surface area (Å²) in [5.41, 5.74) is 4.52. The van der Waals surface area contributed by atoms with Crippen LogP contribution in [0.2, 0.25) is 0 Å². The molecule has 1 aromatic rings. The van der Waals surface area contributed by atoms with Gasteiger partial charge in [-0.05, 0) is 6.42 Å². The molecule has 0 unspecified atom stereocenters. The molecule has 72 valence electrons. The van der Waals surface area contributed by atoms with Crippen molar-refractivity contribution < 1.29 is 0 Å². The molecule has 0 radical (unpaired) electrons. The smallest absolute Gasteiger partial charge is 0.145 e. The first-order chi connectivity index (χ1) is 6.22. The lowest BCUT2D eigenvalue weighted by Crippen LogP contribution is -2.31. The average Bonchev–Trinajstić information content (AvgIpc) is 2.49. The Hall–Kier alpha value is -1.36. The predicted molar refractivity (Wildman–Crippen MR) is 52.4 cm³/mol. The van der Waals surface area contributed by atoms with Crippen molar-refractivity contribution in [2.24, 2.45) is 17.9 Å². The van der Waals surface area contributed by atoms with Crippen molar-refractivity contribution in [1.82, 2.24) is 15.2 Å². The molecule has 13 heavy (non-hydrogen) atoms. The molecule has 0 bridgehead atoms. The zero-order chi connectivity index (χ0) is 9.84. The van der Waals surface area contributed by atoms with Crippen LogP contribution in [-0.4, -0.2) is 22.7 Å². The molecule has 0 aliphatic rings. The van der Waals surface area contributed by atoms with Crippen molar-refractivity contribution in [2.75, 3.05) is 7.05 Å². The lowest BCUT2D eigenvalue weighted by Gasteiger charge is -2.02. The molecular formula is C8H15N5. The van der Waals surface area contributed by atoms with Gasteiger partial charge in [0.2, 0.25) is 0 Å². The number of hydrogen-bond acceptors (Lipinski definition) is 3. The Bertz CT molecular complexity index is 312. The quantitative estimate of drug-likeness (QED) is 0.288. The summed E-state index contributed by atoms with van der Waals surface area (Å²) in [5, 5.41) is 4.29. The average molecular weight is 181 g/mol. The van der Waals surface area contributed by atoms with Crippen LogP contribution in [0.3, 0.4) is 0 Å². The largest absolute Gasteiger partial charge is 0.308 e. The van der Waals surface area contributed by atoms with Crippen LogP contribution >= 0.6 is 0 Å². The third-order valence-corrected chi connectivity index (χ3v) is 1.86. The number of aryl methyl sites for hydroxylation is 2. The zero-order valence-electron chi connectivity index (χ0n) is 8.20. The lowest BCUT2D eigenvalue weighted by atomic mass is 10.2. The van der Waals surface area contributed by atoms with Gasteiger partial charge in [0, 0.05) is 20.3 Å². The predicted octanol–water partition coefficient (Wildman–Crippen LogP) is -0.178. The molecule has 1 heterocycles. The van der Waals surface area contributed by atoms with Crippen LogP contribution in [0.15, 0.2) is 11.2 Å². The van der Waals surface area contributed by atoms with Gasteiger partial charge in [-0.3, -0.25) is 9.67 Å². The van der Waals surface area contributed by atoms with E-state index in [1.54, 1.807) is 11.7 Å². The molecule has 0 aliphatic carbocycles. The fourth-order valence-electron chi connectivity index (χ4n) is 1.26. The monoisotopic (exact) mass is 181 g/mol. The summed E-state index contributed by atoms with van der Waals surface area (Å²) >= 11 is 0. The Labute approximate surface area is 77.6 Å². The summed E-state index contributed by atoms with van der Waals surface area (Å²) in [6, 6.07) is 0. The number of nitrogens with two attached hydrogens (primary N) is 1. The van der Waals surface area contributed by atoms with Gasteiger partial charge in [0.15, 0.2) is 0 Å². The van der Waals surface area contributed by atoms with E-state index < -0.39 is 0 Å². The van der Waals surface area contributed by atoms with E-state index in [1.807, 2.05) is 13.2 Å². The van der Waals surface area contributed by atoms with Gasteiger partial charge >= 0.3 is 0 Å². The highest BCUT2D eigenvalue weighted by atomic mass is 15.3. The van der Waals surface area contributed by atoms with Crippen LogP contribution in [0.25, 0.3) is 0 Å². The maximum absolute atomic E-state index is 5.33. The van der Waals surface area contributed by atoms with E-state index in [9.17, 15) is 0 Å². The molecule has 0 aliphatic heterocycles. The lowest BCUT2D eigenvalue weighted by molar-refractivity contribution is 0.746. The summed E-state index contributed by atoms with van der Waals surface area (Å²) in [5.74, 6) is 6.00. The highest BCUT2D eigenvalue weighted by Crippen LogP contribution is 2.06. The molecule has 1 aromatic heterocycles. The Kier molecular flexibility index (Phi) is 3.02. The number of hydrogen-bond donors (Lipinski definition) is 2. The number of amidine groups is 1. The molecule has 1 rings (SSSR count). The Morgan fingerprint density at radius 3 is 2.92 bits per heavy atom. The Morgan fingerprint density at radius 2 is 2.46 bits per heavy atom. The van der Waals surface area contributed by atoms with Crippen molar-refractivity contribution in [3.63, 3.8) is 0 Å². The fourth-order valence-corrected chi connectivity index (χ4v) is 1.26. The minimum absolute atomic E-state index is 0.671. The molecule has 5 heteroatoms. The molecule has 0 amide bonds. The molecule has 0 aromatic carbocycles. The second-order valence-corrected chi connectivity index (χ2v) is 2.73. The number of aliphatic imine (C=N–C) groups is 1. The van der Waals surface area contributed by atoms with Crippen LogP contribution in [0, 0.1) is 0 Å². The van der Waals surface area contributed by atoms with E-state index in [0.717, 1.165) is 17.7 Å². The van der Waals surface area contributed by atoms with Gasteiger partial charge < -0.3 is 5.43 Å². The van der Waals surface area contributed by atoms with E-state index >= 15 is 0 Å². The van der Waals surface area contributed by atoms with Gasteiger partial charge in [0.25, 0.3) is 0 Å². The molecule has 0 fully saturated rings. The third-order valence-electron chi connectivity index (χ3n) is 1.86. The summed E-state index contributed by atoms with van der Waals surface area (Å²) in [6.45, 7) is 2.05. The number of aromatic nitrogens is 2. The summed E-state index contributed by atoms with van der Waals surface area (Å²) in [6.07, 6.45) is 2.78. The molecule has 5 nitrogen and oxygen atoms in total. The minimum Gasteiger partial charge on any atom is -0.308 e. The topological polar surface area (TPSA) is 68.2 Å². The molecule has 0 atom stereocenters. The molecule has 0 saturated heterocycles. The van der Waals surface area contributed by atoms with Crippen molar-refractivity contribution in [3.8, 4) is 0 Å². The second kappa shape index (κ2) is 4.04. The highest BCUT2D eigenvalue weighted by molar-refractivity contribution is 5.99. The minimum atomic E-state index is 0.671. The van der Waals surface area contributed by atoms with Crippen LogP contribution in [0.5, 0.6) is 0 Å². The molecule has 0 saturated carbocycles. The van der Waals surface area contributed by atoms with Gasteiger partial charge in [-0.15, -0.1) is 0 Å². The van der Waals surface area contributed by atoms with Crippen LogP contribution < -0.4 is 11.3 Å². The van der Waals surface area contributed by atoms with Gasteiger partial charge in [0.05, 0.1) is 11.3 Å². The van der Waals surface area contributed by atoms with Crippen molar-refractivity contribution in [1.29, 1.82) is 0 Å². The second-order valence-electron chi connectivity index (χ2n) is 2.73. The van der Waals surface area contributed by atoms with Gasteiger partial charge in [0.1, 0.15) is 5.84 Å².